The number of carbonyl (C=O) groups excluding carboxylic acids is 2. The highest BCUT2D eigenvalue weighted by Gasteiger charge is 2.37. The van der Waals surface area contributed by atoms with Crippen LogP contribution in [0.1, 0.15) is 45.0 Å². The lowest BCUT2D eigenvalue weighted by molar-refractivity contribution is -0.148. The van der Waals surface area contributed by atoms with Crippen molar-refractivity contribution in [1.29, 1.82) is 0 Å². The molecule has 9 heteroatoms. The molecule has 0 unspecified atom stereocenters. The average molecular weight is 589 g/mol. The number of amides is 1. The van der Waals surface area contributed by atoms with Crippen LogP contribution >= 0.6 is 0 Å². The van der Waals surface area contributed by atoms with Gasteiger partial charge in [-0.3, -0.25) is 9.59 Å². The van der Waals surface area contributed by atoms with Crippen molar-refractivity contribution in [2.24, 2.45) is 11.8 Å². The van der Waals surface area contributed by atoms with Gasteiger partial charge in [0.2, 0.25) is 5.91 Å². The molecule has 0 aliphatic carbocycles. The number of anilines is 2. The predicted octanol–water partition coefficient (Wildman–Crippen LogP) is 6.93. The first-order chi connectivity index (χ1) is 21.4. The standard InChI is InChI=1S/C35H36N6O3/c1-22(2)27(19-32(42)44-3)35(43)41-17-7-10-31(41)34-36-20-30(40-34)24-13-11-23(12-14-24)25-15-16-29-28(18-25)33(38-21-37-29)39-26-8-5-4-6-9-26/h4-6,8-9,11-16,18,20-22,27,31H,7,10,17,19H2,1-3H3,(H,36,40)(H,37,38,39)/t27-,31-/m0/s1. The van der Waals surface area contributed by atoms with Crippen molar-refractivity contribution in [3.63, 3.8) is 0 Å². The number of aromatic amines is 1. The van der Waals surface area contributed by atoms with E-state index in [0.717, 1.165) is 63.5 Å². The third-order valence-electron chi connectivity index (χ3n) is 8.38. The van der Waals surface area contributed by atoms with E-state index in [1.165, 1.54) is 7.11 Å². The van der Waals surface area contributed by atoms with Crippen molar-refractivity contribution >= 4 is 34.3 Å². The SMILES string of the molecule is COC(=O)C[C@H](C(=O)N1CCC[C@H]1c1ncc(-c2ccc(-c3ccc4ncnc(Nc5ccccc5)c4c3)cc2)[nH]1)C(C)C. The molecular formula is C35H36N6O3. The highest BCUT2D eigenvalue weighted by molar-refractivity contribution is 5.94. The van der Waals surface area contributed by atoms with Crippen molar-refractivity contribution in [2.75, 3.05) is 19.0 Å². The zero-order valence-electron chi connectivity index (χ0n) is 25.2. The fraction of sp³-hybridized carbons (Fsp3) is 0.286. The van der Waals surface area contributed by atoms with E-state index in [-0.39, 0.29) is 30.3 Å². The van der Waals surface area contributed by atoms with Gasteiger partial charge < -0.3 is 19.9 Å². The molecule has 5 aromatic rings. The number of nitrogens with one attached hydrogen (secondary N) is 2. The molecule has 1 aliphatic heterocycles. The number of esters is 1. The number of fused-ring (bicyclic) bond motifs is 1. The van der Waals surface area contributed by atoms with Crippen LogP contribution in [-0.2, 0) is 14.3 Å². The molecule has 2 N–H and O–H groups in total. The summed E-state index contributed by atoms with van der Waals surface area (Å²) in [6.07, 6.45) is 5.21. The number of methoxy groups -OCH3 is 1. The fourth-order valence-corrected chi connectivity index (χ4v) is 5.89. The van der Waals surface area contributed by atoms with Crippen LogP contribution in [0.4, 0.5) is 11.5 Å². The number of benzene rings is 3. The second-order valence-electron chi connectivity index (χ2n) is 11.5. The molecule has 1 amide bonds. The Balaban J connectivity index is 1.20. The van der Waals surface area contributed by atoms with Crippen molar-refractivity contribution in [1.82, 2.24) is 24.8 Å². The van der Waals surface area contributed by atoms with Crippen molar-refractivity contribution in [3.8, 4) is 22.4 Å². The van der Waals surface area contributed by atoms with Crippen LogP contribution in [0.5, 0.6) is 0 Å². The number of hydrogen-bond acceptors (Lipinski definition) is 7. The van der Waals surface area contributed by atoms with Crippen LogP contribution < -0.4 is 5.32 Å². The van der Waals surface area contributed by atoms with Gasteiger partial charge in [-0.1, -0.05) is 62.4 Å². The Kier molecular flexibility index (Phi) is 8.36. The molecule has 0 spiro atoms. The molecule has 0 radical (unpaired) electrons. The van der Waals surface area contributed by atoms with Gasteiger partial charge in [-0.25, -0.2) is 15.0 Å². The van der Waals surface area contributed by atoms with Crippen LogP contribution in [0.15, 0.2) is 85.3 Å². The number of likely N-dealkylation sites (tertiary alicyclic amines) is 1. The maximum atomic E-state index is 13.5. The number of carbonyl (C=O) groups is 2. The second-order valence-corrected chi connectivity index (χ2v) is 11.5. The van der Waals surface area contributed by atoms with Crippen LogP contribution in [0, 0.1) is 11.8 Å². The zero-order chi connectivity index (χ0) is 30.6. The smallest absolute Gasteiger partial charge is 0.306 e. The van der Waals surface area contributed by atoms with Crippen LogP contribution in [0.2, 0.25) is 0 Å². The molecule has 0 saturated carbocycles. The lowest BCUT2D eigenvalue weighted by Gasteiger charge is -2.29. The Morgan fingerprint density at radius 3 is 2.48 bits per heavy atom. The molecule has 3 heterocycles. The van der Waals surface area contributed by atoms with E-state index in [1.807, 2.05) is 61.3 Å². The van der Waals surface area contributed by atoms with E-state index in [9.17, 15) is 9.59 Å². The molecule has 1 aliphatic rings. The van der Waals surface area contributed by atoms with Gasteiger partial charge in [-0.15, -0.1) is 0 Å². The van der Waals surface area contributed by atoms with Crippen molar-refractivity contribution in [2.45, 2.75) is 39.2 Å². The lowest BCUT2D eigenvalue weighted by atomic mass is 9.91. The first-order valence-electron chi connectivity index (χ1n) is 15.0. The molecule has 2 atom stereocenters. The normalized spacial score (nSPS) is 15.5. The minimum absolute atomic E-state index is 0.0156. The quantitative estimate of drug-likeness (QED) is 0.180. The number of ether oxygens (including phenoxy) is 1. The summed E-state index contributed by atoms with van der Waals surface area (Å²) in [5.74, 6) is 0.751. The van der Waals surface area contributed by atoms with E-state index in [1.54, 1.807) is 6.33 Å². The summed E-state index contributed by atoms with van der Waals surface area (Å²) in [4.78, 5) is 44.5. The number of nitrogens with zero attached hydrogens (tertiary/aromatic N) is 4. The van der Waals surface area contributed by atoms with Gasteiger partial charge in [0.15, 0.2) is 0 Å². The molecule has 6 rings (SSSR count). The number of H-pyrrole nitrogens is 1. The second kappa shape index (κ2) is 12.7. The van der Waals surface area contributed by atoms with Gasteiger partial charge >= 0.3 is 5.97 Å². The Morgan fingerprint density at radius 1 is 0.977 bits per heavy atom. The molecule has 224 valence electrons. The van der Waals surface area contributed by atoms with Crippen LogP contribution in [0.3, 0.4) is 0 Å². The highest BCUT2D eigenvalue weighted by atomic mass is 16.5. The molecule has 3 aromatic carbocycles. The summed E-state index contributed by atoms with van der Waals surface area (Å²) >= 11 is 0. The zero-order valence-corrected chi connectivity index (χ0v) is 25.2. The Labute approximate surface area is 256 Å². The monoisotopic (exact) mass is 588 g/mol. The van der Waals surface area contributed by atoms with E-state index < -0.39 is 5.92 Å². The summed E-state index contributed by atoms with van der Waals surface area (Å²) in [5, 5.41) is 4.35. The molecule has 1 saturated heterocycles. The van der Waals surface area contributed by atoms with Gasteiger partial charge in [0.05, 0.1) is 42.9 Å². The van der Waals surface area contributed by atoms with Gasteiger partial charge in [-0.2, -0.15) is 0 Å². The molecular weight excluding hydrogens is 552 g/mol. The first kappa shape index (κ1) is 29.0. The van der Waals surface area contributed by atoms with E-state index in [0.29, 0.717) is 6.54 Å². The maximum absolute atomic E-state index is 13.5. The number of rotatable bonds is 9. The third kappa shape index (κ3) is 6.04. The van der Waals surface area contributed by atoms with E-state index in [2.05, 4.69) is 61.7 Å². The van der Waals surface area contributed by atoms with E-state index >= 15 is 0 Å². The molecule has 2 aromatic heterocycles. The fourth-order valence-electron chi connectivity index (χ4n) is 5.89. The molecule has 0 bridgehead atoms. The van der Waals surface area contributed by atoms with Gasteiger partial charge in [0.25, 0.3) is 0 Å². The Bertz CT molecular complexity index is 1770. The van der Waals surface area contributed by atoms with Crippen molar-refractivity contribution in [3.05, 3.63) is 91.1 Å². The minimum Gasteiger partial charge on any atom is -0.469 e. The number of para-hydroxylation sites is 1. The summed E-state index contributed by atoms with van der Waals surface area (Å²) in [7, 11) is 1.36. The average Bonchev–Trinajstić information content (AvgIpc) is 3.74. The summed E-state index contributed by atoms with van der Waals surface area (Å²) in [6.45, 7) is 4.59. The largest absolute Gasteiger partial charge is 0.469 e. The van der Waals surface area contributed by atoms with Gasteiger partial charge in [0.1, 0.15) is 18.0 Å². The summed E-state index contributed by atoms with van der Waals surface area (Å²) in [5.41, 5.74) is 5.86. The predicted molar refractivity (Wildman–Crippen MR) is 171 cm³/mol. The minimum atomic E-state index is -0.420. The number of hydrogen-bond donors (Lipinski definition) is 2. The van der Waals surface area contributed by atoms with Crippen molar-refractivity contribution < 1.29 is 14.3 Å². The molecule has 44 heavy (non-hydrogen) atoms. The van der Waals surface area contributed by atoms with E-state index in [4.69, 9.17) is 4.74 Å². The number of imidazole rings is 1. The topological polar surface area (TPSA) is 113 Å². The van der Waals surface area contributed by atoms with Crippen LogP contribution in [-0.4, -0.2) is 50.4 Å². The molecule has 1 fully saturated rings. The highest BCUT2D eigenvalue weighted by Crippen LogP contribution is 2.35. The van der Waals surface area contributed by atoms with Gasteiger partial charge in [0, 0.05) is 17.6 Å². The lowest BCUT2D eigenvalue weighted by Crippen LogP contribution is -2.39. The number of aromatic nitrogens is 4. The van der Waals surface area contributed by atoms with Gasteiger partial charge in [-0.05, 0) is 59.7 Å². The Morgan fingerprint density at radius 2 is 1.73 bits per heavy atom. The Hall–Kier alpha value is -5.05. The maximum Gasteiger partial charge on any atom is 0.306 e. The summed E-state index contributed by atoms with van der Waals surface area (Å²) < 4.78 is 4.85. The third-order valence-corrected chi connectivity index (χ3v) is 8.38. The molecule has 9 nitrogen and oxygen atoms in total. The first-order valence-corrected chi connectivity index (χ1v) is 15.0. The summed E-state index contributed by atoms with van der Waals surface area (Å²) in [6, 6.07) is 24.4. The van der Waals surface area contributed by atoms with Crippen LogP contribution in [0.25, 0.3) is 33.3 Å².